The van der Waals surface area contributed by atoms with E-state index in [0.29, 0.717) is 6.08 Å². The number of benzene rings is 1. The first-order valence-corrected chi connectivity index (χ1v) is 5.12. The van der Waals surface area contributed by atoms with Gasteiger partial charge in [0.1, 0.15) is 6.10 Å². The Kier molecular flexibility index (Phi) is 4.63. The Hall–Kier alpha value is -1.92. The summed E-state index contributed by atoms with van der Waals surface area (Å²) in [5, 5.41) is 0. The highest BCUT2D eigenvalue weighted by molar-refractivity contribution is 5.66. The molecule has 0 fully saturated rings. The number of esters is 1. The van der Waals surface area contributed by atoms with Gasteiger partial charge in [-0.1, -0.05) is 0 Å². The number of hydrogen-bond donors (Lipinski definition) is 0. The van der Waals surface area contributed by atoms with Crippen molar-refractivity contribution < 1.29 is 31.5 Å². The number of carbonyl (C=O) groups is 1. The van der Waals surface area contributed by atoms with E-state index in [1.54, 1.807) is 0 Å². The summed E-state index contributed by atoms with van der Waals surface area (Å²) < 4.78 is 69.5. The fourth-order valence-electron chi connectivity index (χ4n) is 1.30. The van der Waals surface area contributed by atoms with E-state index in [1.165, 1.54) is 6.92 Å². The lowest BCUT2D eigenvalue weighted by Gasteiger charge is -2.07. The van der Waals surface area contributed by atoms with Crippen LogP contribution in [0.4, 0.5) is 22.0 Å². The first kappa shape index (κ1) is 15.1. The van der Waals surface area contributed by atoms with Crippen molar-refractivity contribution in [1.82, 2.24) is 0 Å². The third kappa shape index (κ3) is 3.30. The van der Waals surface area contributed by atoms with Crippen LogP contribution in [0.1, 0.15) is 19.4 Å². The van der Waals surface area contributed by atoms with Crippen LogP contribution in [0.15, 0.2) is 6.08 Å². The molecule has 0 saturated carbocycles. The maximum absolute atomic E-state index is 13.2. The van der Waals surface area contributed by atoms with Crippen LogP contribution in [0.2, 0.25) is 0 Å². The normalized spacial score (nSPS) is 12.8. The third-order valence-corrected chi connectivity index (χ3v) is 2.13. The summed E-state index contributed by atoms with van der Waals surface area (Å²) in [6.07, 6.45) is 0.802. The summed E-state index contributed by atoms with van der Waals surface area (Å²) in [7, 11) is 0. The highest BCUT2D eigenvalue weighted by Crippen LogP contribution is 2.24. The van der Waals surface area contributed by atoms with Crippen molar-refractivity contribution in [2.75, 3.05) is 0 Å². The average Bonchev–Trinajstić information content (AvgIpc) is 2.33. The van der Waals surface area contributed by atoms with Gasteiger partial charge in [0.25, 0.3) is 0 Å². The zero-order chi connectivity index (χ0) is 14.7. The third-order valence-electron chi connectivity index (χ3n) is 2.13. The Morgan fingerprint density at radius 1 is 1.00 bits per heavy atom. The summed E-state index contributed by atoms with van der Waals surface area (Å²) in [4.78, 5) is 10.6. The van der Waals surface area contributed by atoms with Gasteiger partial charge in [-0.25, -0.2) is 22.0 Å². The molecule has 1 unspecified atom stereocenters. The maximum atomic E-state index is 13.2. The van der Waals surface area contributed by atoms with Crippen molar-refractivity contribution in [3.8, 4) is 0 Å². The molecule has 0 aliphatic rings. The number of carbonyl (C=O) groups excluding carboxylic acids is 1. The second-order valence-electron chi connectivity index (χ2n) is 3.66. The number of hydrogen-bond acceptors (Lipinski definition) is 2. The van der Waals surface area contributed by atoms with Gasteiger partial charge in [-0.3, -0.25) is 4.79 Å². The standard InChI is InChI=1S/C12H9F5O2/c1-5(19-6(2)18)3-4-7-8(13)10(15)12(17)11(16)9(7)14/h3-5H,1-2H3/b4-3+. The molecule has 0 aromatic heterocycles. The lowest BCUT2D eigenvalue weighted by Crippen LogP contribution is -2.09. The van der Waals surface area contributed by atoms with Gasteiger partial charge in [-0.15, -0.1) is 0 Å². The van der Waals surface area contributed by atoms with E-state index >= 15 is 0 Å². The quantitative estimate of drug-likeness (QED) is 0.367. The molecule has 0 bridgehead atoms. The van der Waals surface area contributed by atoms with Crippen LogP contribution in [0.5, 0.6) is 0 Å². The molecular weight excluding hydrogens is 271 g/mol. The summed E-state index contributed by atoms with van der Waals surface area (Å²) in [5.74, 6) is -10.8. The zero-order valence-corrected chi connectivity index (χ0v) is 9.94. The molecule has 0 saturated heterocycles. The summed E-state index contributed by atoms with van der Waals surface area (Å²) in [6.45, 7) is 2.48. The minimum atomic E-state index is -2.22. The maximum Gasteiger partial charge on any atom is 0.303 e. The van der Waals surface area contributed by atoms with Crippen LogP contribution >= 0.6 is 0 Å². The predicted molar refractivity (Wildman–Crippen MR) is 56.5 cm³/mol. The number of halogens is 5. The van der Waals surface area contributed by atoms with Crippen molar-refractivity contribution in [1.29, 1.82) is 0 Å². The largest absolute Gasteiger partial charge is 0.459 e. The smallest absolute Gasteiger partial charge is 0.303 e. The molecule has 1 atom stereocenters. The Labute approximate surface area is 105 Å². The molecule has 0 heterocycles. The van der Waals surface area contributed by atoms with E-state index in [0.717, 1.165) is 13.0 Å². The van der Waals surface area contributed by atoms with Gasteiger partial charge in [0, 0.05) is 6.92 Å². The molecule has 0 radical (unpaired) electrons. The van der Waals surface area contributed by atoms with E-state index in [9.17, 15) is 26.7 Å². The molecule has 2 nitrogen and oxygen atoms in total. The molecule has 19 heavy (non-hydrogen) atoms. The Morgan fingerprint density at radius 3 is 1.84 bits per heavy atom. The van der Waals surface area contributed by atoms with Crippen LogP contribution in [0, 0.1) is 29.1 Å². The van der Waals surface area contributed by atoms with Gasteiger partial charge in [0.2, 0.25) is 5.82 Å². The molecule has 104 valence electrons. The molecule has 0 aliphatic carbocycles. The zero-order valence-electron chi connectivity index (χ0n) is 9.94. The van der Waals surface area contributed by atoms with Crippen LogP contribution in [-0.4, -0.2) is 12.1 Å². The topological polar surface area (TPSA) is 26.3 Å². The number of rotatable bonds is 3. The van der Waals surface area contributed by atoms with Crippen LogP contribution in [-0.2, 0) is 9.53 Å². The Bertz CT molecular complexity index is 510. The first-order valence-electron chi connectivity index (χ1n) is 5.12. The van der Waals surface area contributed by atoms with Crippen LogP contribution in [0.25, 0.3) is 6.08 Å². The van der Waals surface area contributed by atoms with Crippen molar-refractivity contribution >= 4 is 12.0 Å². The van der Waals surface area contributed by atoms with Crippen LogP contribution < -0.4 is 0 Å². The van der Waals surface area contributed by atoms with Gasteiger partial charge < -0.3 is 4.74 Å². The average molecular weight is 280 g/mol. The molecule has 0 aliphatic heterocycles. The SMILES string of the molecule is CC(=O)OC(C)/C=C/c1c(F)c(F)c(F)c(F)c1F. The van der Waals surface area contributed by atoms with Gasteiger partial charge in [0.15, 0.2) is 23.3 Å². The molecule has 0 spiro atoms. The van der Waals surface area contributed by atoms with Crippen molar-refractivity contribution in [3.63, 3.8) is 0 Å². The fraction of sp³-hybridized carbons (Fsp3) is 0.250. The molecule has 1 aromatic carbocycles. The van der Waals surface area contributed by atoms with Gasteiger partial charge >= 0.3 is 5.97 Å². The summed E-state index contributed by atoms with van der Waals surface area (Å²) >= 11 is 0. The van der Waals surface area contributed by atoms with Crippen molar-refractivity contribution in [3.05, 3.63) is 40.7 Å². The highest BCUT2D eigenvalue weighted by atomic mass is 19.2. The molecule has 0 N–H and O–H groups in total. The van der Waals surface area contributed by atoms with Crippen molar-refractivity contribution in [2.45, 2.75) is 20.0 Å². The summed E-state index contributed by atoms with van der Waals surface area (Å²) in [6, 6.07) is 0. The monoisotopic (exact) mass is 280 g/mol. The Morgan fingerprint density at radius 2 is 1.42 bits per heavy atom. The van der Waals surface area contributed by atoms with E-state index in [-0.39, 0.29) is 0 Å². The predicted octanol–water partition coefficient (Wildman–Crippen LogP) is 3.35. The number of ether oxygens (including phenoxy) is 1. The minimum absolute atomic E-state index is 0.644. The van der Waals surface area contributed by atoms with E-state index in [4.69, 9.17) is 0 Å². The first-order chi connectivity index (χ1) is 8.75. The minimum Gasteiger partial charge on any atom is -0.459 e. The molecule has 0 amide bonds. The fourth-order valence-corrected chi connectivity index (χ4v) is 1.30. The van der Waals surface area contributed by atoms with Gasteiger partial charge in [0.05, 0.1) is 5.56 Å². The van der Waals surface area contributed by atoms with E-state index < -0.39 is 46.7 Å². The second kappa shape index (κ2) is 5.81. The second-order valence-corrected chi connectivity index (χ2v) is 3.66. The van der Waals surface area contributed by atoms with Gasteiger partial charge in [-0.2, -0.15) is 0 Å². The van der Waals surface area contributed by atoms with Crippen LogP contribution in [0.3, 0.4) is 0 Å². The molecule has 7 heteroatoms. The van der Waals surface area contributed by atoms with Crippen molar-refractivity contribution in [2.24, 2.45) is 0 Å². The lowest BCUT2D eigenvalue weighted by molar-refractivity contribution is -0.143. The van der Waals surface area contributed by atoms with E-state index in [1.807, 2.05) is 0 Å². The lowest BCUT2D eigenvalue weighted by atomic mass is 10.1. The van der Waals surface area contributed by atoms with E-state index in [2.05, 4.69) is 4.74 Å². The Balaban J connectivity index is 3.15. The molecule has 1 aromatic rings. The molecule has 1 rings (SSSR count). The van der Waals surface area contributed by atoms with Gasteiger partial charge in [-0.05, 0) is 19.1 Å². The highest BCUT2D eigenvalue weighted by Gasteiger charge is 2.24. The molecular formula is C12H9F5O2. The summed E-state index contributed by atoms with van der Waals surface area (Å²) in [5.41, 5.74) is -1.09.